The highest BCUT2D eigenvalue weighted by atomic mass is 35.5. The van der Waals surface area contributed by atoms with Crippen molar-refractivity contribution < 1.29 is 9.72 Å². The Bertz CT molecular complexity index is 798. The quantitative estimate of drug-likeness (QED) is 0.566. The van der Waals surface area contributed by atoms with Crippen LogP contribution in [-0.2, 0) is 4.79 Å². The van der Waals surface area contributed by atoms with Gasteiger partial charge in [0, 0.05) is 23.2 Å². The first-order chi connectivity index (χ1) is 11.8. The molecule has 1 amide bonds. The number of rotatable bonds is 6. The topological polar surface area (TPSA) is 84.3 Å². The van der Waals surface area contributed by atoms with Crippen molar-refractivity contribution in [1.82, 2.24) is 5.32 Å². The minimum atomic E-state index is -0.549. The largest absolute Gasteiger partial charge is 0.323 e. The van der Waals surface area contributed by atoms with Crippen LogP contribution in [0, 0.1) is 10.1 Å². The average Bonchev–Trinajstić information content (AvgIpc) is 2.56. The zero-order valence-corrected chi connectivity index (χ0v) is 15.1. The van der Waals surface area contributed by atoms with Gasteiger partial charge in [0.1, 0.15) is 0 Å². The van der Waals surface area contributed by atoms with E-state index in [1.54, 1.807) is 13.0 Å². The third-order valence-corrected chi connectivity index (χ3v) is 4.34. The van der Waals surface area contributed by atoms with Gasteiger partial charge in [-0.05, 0) is 31.5 Å². The molecule has 0 radical (unpaired) electrons. The highest BCUT2D eigenvalue weighted by Crippen LogP contribution is 2.27. The minimum absolute atomic E-state index is 0.105. The Hall–Kier alpha value is -2.15. The van der Waals surface area contributed by atoms with E-state index < -0.39 is 11.0 Å². The molecule has 0 aliphatic carbocycles. The molecule has 0 fully saturated rings. The standard InChI is InChI=1S/C17H17Cl2N3O3/c1-10(13-5-3-4-6-14(13)18)20-11(2)17(23)21-16-8-7-12(22(24)25)9-15(16)19/h3-11,20H,1-2H3,(H,21,23). The van der Waals surface area contributed by atoms with E-state index in [0.29, 0.717) is 10.7 Å². The number of nitrogens with one attached hydrogen (secondary N) is 2. The minimum Gasteiger partial charge on any atom is -0.323 e. The summed E-state index contributed by atoms with van der Waals surface area (Å²) in [6.45, 7) is 3.62. The van der Waals surface area contributed by atoms with E-state index in [1.165, 1.54) is 18.2 Å². The van der Waals surface area contributed by atoms with Crippen molar-refractivity contribution in [2.24, 2.45) is 0 Å². The molecule has 0 aromatic heterocycles. The number of amides is 1. The molecular formula is C17H17Cl2N3O3. The number of anilines is 1. The Kier molecular flexibility index (Phi) is 6.36. The molecule has 2 unspecified atom stereocenters. The van der Waals surface area contributed by atoms with Gasteiger partial charge in [0.25, 0.3) is 5.69 Å². The highest BCUT2D eigenvalue weighted by molar-refractivity contribution is 6.34. The van der Waals surface area contributed by atoms with Gasteiger partial charge in [0.2, 0.25) is 5.91 Å². The summed E-state index contributed by atoms with van der Waals surface area (Å²) in [7, 11) is 0. The van der Waals surface area contributed by atoms with E-state index in [1.807, 2.05) is 25.1 Å². The van der Waals surface area contributed by atoms with E-state index >= 15 is 0 Å². The van der Waals surface area contributed by atoms with Crippen molar-refractivity contribution in [3.05, 3.63) is 68.2 Å². The van der Waals surface area contributed by atoms with E-state index in [2.05, 4.69) is 10.6 Å². The maximum Gasteiger partial charge on any atom is 0.271 e. The van der Waals surface area contributed by atoms with Crippen LogP contribution in [-0.4, -0.2) is 16.9 Å². The summed E-state index contributed by atoms with van der Waals surface area (Å²) >= 11 is 12.1. The van der Waals surface area contributed by atoms with Crippen molar-refractivity contribution in [3.63, 3.8) is 0 Å². The fourth-order valence-electron chi connectivity index (χ4n) is 2.33. The fourth-order valence-corrected chi connectivity index (χ4v) is 2.85. The first kappa shape index (κ1) is 19.2. The molecule has 0 saturated carbocycles. The van der Waals surface area contributed by atoms with Gasteiger partial charge < -0.3 is 5.32 Å². The van der Waals surface area contributed by atoms with Crippen molar-refractivity contribution in [3.8, 4) is 0 Å². The summed E-state index contributed by atoms with van der Waals surface area (Å²) in [6.07, 6.45) is 0. The molecule has 2 aromatic rings. The average molecular weight is 382 g/mol. The summed E-state index contributed by atoms with van der Waals surface area (Å²) in [4.78, 5) is 22.5. The summed E-state index contributed by atoms with van der Waals surface area (Å²) in [5, 5.41) is 17.3. The predicted octanol–water partition coefficient (Wildman–Crippen LogP) is 4.58. The second-order valence-corrected chi connectivity index (χ2v) is 6.36. The number of nitrogens with zero attached hydrogens (tertiary/aromatic N) is 1. The van der Waals surface area contributed by atoms with Gasteiger partial charge in [0.15, 0.2) is 0 Å². The second-order valence-electron chi connectivity index (χ2n) is 5.54. The molecule has 0 spiro atoms. The molecule has 6 nitrogen and oxygen atoms in total. The van der Waals surface area contributed by atoms with Gasteiger partial charge in [-0.2, -0.15) is 0 Å². The van der Waals surface area contributed by atoms with E-state index in [9.17, 15) is 14.9 Å². The lowest BCUT2D eigenvalue weighted by Crippen LogP contribution is -2.39. The van der Waals surface area contributed by atoms with Gasteiger partial charge in [-0.3, -0.25) is 20.2 Å². The van der Waals surface area contributed by atoms with E-state index in [4.69, 9.17) is 23.2 Å². The summed E-state index contributed by atoms with van der Waals surface area (Å²) in [5.74, 6) is -0.311. The van der Waals surface area contributed by atoms with Crippen LogP contribution in [0.4, 0.5) is 11.4 Å². The van der Waals surface area contributed by atoms with Gasteiger partial charge in [-0.1, -0.05) is 41.4 Å². The lowest BCUT2D eigenvalue weighted by molar-refractivity contribution is -0.384. The van der Waals surface area contributed by atoms with Crippen LogP contribution in [0.25, 0.3) is 0 Å². The molecule has 0 bridgehead atoms. The third-order valence-electron chi connectivity index (χ3n) is 3.69. The maximum absolute atomic E-state index is 12.3. The van der Waals surface area contributed by atoms with Crippen LogP contribution in [0.5, 0.6) is 0 Å². The van der Waals surface area contributed by atoms with Crippen molar-refractivity contribution in [2.45, 2.75) is 25.9 Å². The Balaban J connectivity index is 2.03. The first-order valence-corrected chi connectivity index (χ1v) is 8.30. The number of benzene rings is 2. The van der Waals surface area contributed by atoms with E-state index in [-0.39, 0.29) is 22.7 Å². The number of carbonyl (C=O) groups is 1. The third kappa shape index (κ3) is 4.92. The number of non-ortho nitro benzene ring substituents is 1. The van der Waals surface area contributed by atoms with Gasteiger partial charge in [-0.25, -0.2) is 0 Å². The molecule has 0 aliphatic rings. The summed E-state index contributed by atoms with van der Waals surface area (Å²) in [5.41, 5.74) is 1.06. The molecular weight excluding hydrogens is 365 g/mol. The zero-order chi connectivity index (χ0) is 18.6. The molecule has 2 atom stereocenters. The molecule has 0 heterocycles. The zero-order valence-electron chi connectivity index (χ0n) is 13.6. The number of halogens is 2. The monoisotopic (exact) mass is 381 g/mol. The smallest absolute Gasteiger partial charge is 0.271 e. The van der Waals surface area contributed by atoms with Gasteiger partial charge in [-0.15, -0.1) is 0 Å². The lowest BCUT2D eigenvalue weighted by Gasteiger charge is -2.21. The van der Waals surface area contributed by atoms with Crippen LogP contribution >= 0.6 is 23.2 Å². The molecule has 0 saturated heterocycles. The molecule has 132 valence electrons. The van der Waals surface area contributed by atoms with Crippen molar-refractivity contribution in [1.29, 1.82) is 0 Å². The second kappa shape index (κ2) is 8.29. The molecule has 2 N–H and O–H groups in total. The van der Waals surface area contributed by atoms with Crippen LogP contribution in [0.3, 0.4) is 0 Å². The van der Waals surface area contributed by atoms with Crippen LogP contribution in [0.2, 0.25) is 10.0 Å². The first-order valence-electron chi connectivity index (χ1n) is 7.55. The lowest BCUT2D eigenvalue weighted by atomic mass is 10.1. The van der Waals surface area contributed by atoms with Gasteiger partial charge in [0.05, 0.1) is 21.7 Å². The van der Waals surface area contributed by atoms with Gasteiger partial charge >= 0.3 is 0 Å². The molecule has 25 heavy (non-hydrogen) atoms. The SMILES string of the molecule is CC(NC(C)c1ccccc1Cl)C(=O)Nc1ccc([N+](=O)[O-])cc1Cl. The summed E-state index contributed by atoms with van der Waals surface area (Å²) in [6, 6.07) is 10.6. The van der Waals surface area contributed by atoms with Crippen LogP contribution in [0.15, 0.2) is 42.5 Å². The number of hydrogen-bond acceptors (Lipinski definition) is 4. The predicted molar refractivity (Wildman–Crippen MR) is 99.2 cm³/mol. The number of hydrogen-bond donors (Lipinski definition) is 2. The normalized spacial score (nSPS) is 13.1. The highest BCUT2D eigenvalue weighted by Gasteiger charge is 2.19. The Labute approximate surface area is 155 Å². The summed E-state index contributed by atoms with van der Waals surface area (Å²) < 4.78 is 0. The Morgan fingerprint density at radius 2 is 1.80 bits per heavy atom. The Morgan fingerprint density at radius 1 is 1.12 bits per heavy atom. The molecule has 2 rings (SSSR count). The molecule has 0 aliphatic heterocycles. The van der Waals surface area contributed by atoms with Crippen molar-refractivity contribution in [2.75, 3.05) is 5.32 Å². The number of nitro groups is 1. The molecule has 2 aromatic carbocycles. The molecule has 8 heteroatoms. The van der Waals surface area contributed by atoms with Crippen molar-refractivity contribution >= 4 is 40.5 Å². The van der Waals surface area contributed by atoms with Crippen LogP contribution in [0.1, 0.15) is 25.5 Å². The van der Waals surface area contributed by atoms with Crippen LogP contribution < -0.4 is 10.6 Å². The number of carbonyl (C=O) groups excluding carboxylic acids is 1. The Morgan fingerprint density at radius 3 is 2.40 bits per heavy atom. The maximum atomic E-state index is 12.3. The number of nitro benzene ring substituents is 1. The van der Waals surface area contributed by atoms with E-state index in [0.717, 1.165) is 5.56 Å². The fraction of sp³-hybridized carbons (Fsp3) is 0.235.